The Hall–Kier alpha value is -3.16. The summed E-state index contributed by atoms with van der Waals surface area (Å²) in [6.45, 7) is 1.28. The average Bonchev–Trinajstić information content (AvgIpc) is 3.45. The number of allylic oxidation sites excluding steroid dienone is 2. The number of hydrogen-bond acceptors (Lipinski definition) is 5. The zero-order chi connectivity index (χ0) is 21.7. The van der Waals surface area contributed by atoms with Gasteiger partial charge in [0.1, 0.15) is 6.54 Å². The molecule has 2 saturated heterocycles. The molecule has 5 rings (SSSR count). The van der Waals surface area contributed by atoms with Crippen LogP contribution in [0.1, 0.15) is 19.3 Å². The molecule has 4 amide bonds. The van der Waals surface area contributed by atoms with Crippen LogP contribution in [0, 0.1) is 29.6 Å². The Balaban J connectivity index is 1.17. The van der Waals surface area contributed by atoms with Gasteiger partial charge in [0, 0.05) is 30.4 Å². The third-order valence-corrected chi connectivity index (χ3v) is 7.28. The van der Waals surface area contributed by atoms with Gasteiger partial charge in [0.2, 0.25) is 23.6 Å². The van der Waals surface area contributed by atoms with Gasteiger partial charge in [-0.15, -0.1) is 0 Å². The van der Waals surface area contributed by atoms with E-state index in [-0.39, 0.29) is 59.8 Å². The van der Waals surface area contributed by atoms with Crippen molar-refractivity contribution in [2.24, 2.45) is 35.3 Å². The second kappa shape index (κ2) is 7.51. The molecule has 1 aromatic rings. The van der Waals surface area contributed by atoms with Gasteiger partial charge in [-0.05, 0) is 55.4 Å². The fourth-order valence-electron chi connectivity index (χ4n) is 5.64. The summed E-state index contributed by atoms with van der Waals surface area (Å²) in [5.41, 5.74) is 7.02. The molecule has 2 bridgehead atoms. The van der Waals surface area contributed by atoms with E-state index in [0.29, 0.717) is 5.69 Å². The van der Waals surface area contributed by atoms with E-state index < -0.39 is 0 Å². The van der Waals surface area contributed by atoms with Gasteiger partial charge in [-0.2, -0.15) is 0 Å². The van der Waals surface area contributed by atoms with Gasteiger partial charge in [0.15, 0.2) is 0 Å². The molecule has 4 atom stereocenters. The highest BCUT2D eigenvalue weighted by Crippen LogP contribution is 2.52. The molecule has 31 heavy (non-hydrogen) atoms. The van der Waals surface area contributed by atoms with Crippen molar-refractivity contribution in [3.63, 3.8) is 0 Å². The summed E-state index contributed by atoms with van der Waals surface area (Å²) in [7, 11) is 0. The molecule has 8 nitrogen and oxygen atoms in total. The first-order valence-electron chi connectivity index (χ1n) is 10.9. The molecule has 162 valence electrons. The van der Waals surface area contributed by atoms with Crippen LogP contribution in [-0.4, -0.2) is 48.2 Å². The summed E-state index contributed by atoms with van der Waals surface area (Å²) in [5, 5.41) is 2.79. The highest BCUT2D eigenvalue weighted by atomic mass is 16.2. The number of nitrogens with one attached hydrogen (secondary N) is 1. The first-order chi connectivity index (χ1) is 14.9. The fraction of sp³-hybridized carbons (Fsp3) is 0.478. The van der Waals surface area contributed by atoms with Crippen molar-refractivity contribution >= 4 is 35.0 Å². The highest BCUT2D eigenvalue weighted by molar-refractivity contribution is 6.09. The molecule has 8 heteroatoms. The Kier molecular flexibility index (Phi) is 4.79. The van der Waals surface area contributed by atoms with Crippen molar-refractivity contribution in [2.75, 3.05) is 29.9 Å². The van der Waals surface area contributed by atoms with Gasteiger partial charge in [-0.25, -0.2) is 0 Å². The summed E-state index contributed by atoms with van der Waals surface area (Å²) in [6, 6.07) is 7.44. The minimum Gasteiger partial charge on any atom is -0.371 e. The minimum absolute atomic E-state index is 0.0590. The van der Waals surface area contributed by atoms with Crippen LogP contribution < -0.4 is 16.0 Å². The molecule has 4 aliphatic rings. The molecular formula is C23H26N4O4. The van der Waals surface area contributed by atoms with Crippen LogP contribution in [-0.2, 0) is 19.2 Å². The van der Waals surface area contributed by atoms with E-state index in [0.717, 1.165) is 42.9 Å². The molecular weight excluding hydrogens is 396 g/mol. The third kappa shape index (κ3) is 3.40. The standard InChI is InChI=1S/C23H26N4O4/c24-21(29)13-7-9-26(10-8-13)17-5-3-16(4-6-17)25-18(28)12-27-22(30)19-14-1-2-15(11-14)20(19)23(27)31/h1-6,13-15,19-20H,7-12H2,(H2,24,29)(H,25,28). The molecule has 3 N–H and O–H groups in total. The lowest BCUT2D eigenvalue weighted by Gasteiger charge is -2.32. The van der Waals surface area contributed by atoms with Gasteiger partial charge in [0.05, 0.1) is 11.8 Å². The van der Waals surface area contributed by atoms with Gasteiger partial charge >= 0.3 is 0 Å². The zero-order valence-electron chi connectivity index (χ0n) is 17.2. The molecule has 1 aromatic carbocycles. The summed E-state index contributed by atoms with van der Waals surface area (Å²) in [5.74, 6) is -1.39. The lowest BCUT2D eigenvalue weighted by atomic mass is 9.85. The van der Waals surface area contributed by atoms with Crippen molar-refractivity contribution in [1.82, 2.24) is 4.90 Å². The van der Waals surface area contributed by atoms with E-state index in [4.69, 9.17) is 5.73 Å². The van der Waals surface area contributed by atoms with Gasteiger partial charge < -0.3 is 16.0 Å². The third-order valence-electron chi connectivity index (χ3n) is 7.28. The van der Waals surface area contributed by atoms with Crippen LogP contribution in [0.2, 0.25) is 0 Å². The van der Waals surface area contributed by atoms with Crippen LogP contribution in [0.25, 0.3) is 0 Å². The molecule has 2 heterocycles. The predicted octanol–water partition coefficient (Wildman–Crippen LogP) is 1.13. The number of nitrogens with zero attached hydrogens (tertiary/aromatic N) is 2. The number of amides is 4. The zero-order valence-corrected chi connectivity index (χ0v) is 17.2. The van der Waals surface area contributed by atoms with E-state index >= 15 is 0 Å². The van der Waals surface area contributed by atoms with Crippen molar-refractivity contribution < 1.29 is 19.2 Å². The number of carbonyl (C=O) groups excluding carboxylic acids is 4. The smallest absolute Gasteiger partial charge is 0.244 e. The Morgan fingerprint density at radius 2 is 1.55 bits per heavy atom. The number of nitrogens with two attached hydrogens (primary N) is 1. The Bertz CT molecular complexity index is 934. The van der Waals surface area contributed by atoms with Crippen molar-refractivity contribution in [3.05, 3.63) is 36.4 Å². The van der Waals surface area contributed by atoms with Crippen LogP contribution in [0.5, 0.6) is 0 Å². The summed E-state index contributed by atoms with van der Waals surface area (Å²) >= 11 is 0. The Labute approximate surface area is 180 Å². The molecule has 0 spiro atoms. The number of anilines is 2. The Morgan fingerprint density at radius 1 is 0.968 bits per heavy atom. The summed E-state index contributed by atoms with van der Waals surface area (Å²) in [6.07, 6.45) is 6.44. The number of hydrogen-bond donors (Lipinski definition) is 2. The maximum atomic E-state index is 12.7. The number of fused-ring (bicyclic) bond motifs is 5. The number of primary amides is 1. The molecule has 0 radical (unpaired) electrons. The molecule has 2 aliphatic heterocycles. The number of benzene rings is 1. The quantitative estimate of drug-likeness (QED) is 0.546. The van der Waals surface area contributed by atoms with Crippen LogP contribution in [0.15, 0.2) is 36.4 Å². The van der Waals surface area contributed by atoms with Gasteiger partial charge in [-0.1, -0.05) is 12.2 Å². The number of piperidine rings is 1. The maximum Gasteiger partial charge on any atom is 0.244 e. The van der Waals surface area contributed by atoms with E-state index in [1.54, 1.807) is 12.1 Å². The lowest BCUT2D eigenvalue weighted by molar-refractivity contribution is -0.143. The van der Waals surface area contributed by atoms with E-state index in [9.17, 15) is 19.2 Å². The van der Waals surface area contributed by atoms with Crippen molar-refractivity contribution in [1.29, 1.82) is 0 Å². The molecule has 2 aliphatic carbocycles. The number of carbonyl (C=O) groups is 4. The SMILES string of the molecule is NC(=O)C1CCN(c2ccc(NC(=O)CN3C(=O)C4C5C=CC(C5)C4C3=O)cc2)CC1. The van der Waals surface area contributed by atoms with Crippen LogP contribution >= 0.6 is 0 Å². The Morgan fingerprint density at radius 3 is 2.10 bits per heavy atom. The maximum absolute atomic E-state index is 12.7. The normalized spacial score (nSPS) is 29.5. The van der Waals surface area contributed by atoms with Crippen LogP contribution in [0.3, 0.4) is 0 Å². The molecule has 1 saturated carbocycles. The topological polar surface area (TPSA) is 113 Å². The lowest BCUT2D eigenvalue weighted by Crippen LogP contribution is -2.39. The summed E-state index contributed by atoms with van der Waals surface area (Å²) in [4.78, 5) is 52.6. The van der Waals surface area contributed by atoms with Crippen molar-refractivity contribution in [3.8, 4) is 0 Å². The van der Waals surface area contributed by atoms with Gasteiger partial charge in [0.25, 0.3) is 0 Å². The second-order valence-electron chi connectivity index (χ2n) is 9.02. The van der Waals surface area contributed by atoms with Crippen LogP contribution in [0.4, 0.5) is 11.4 Å². The predicted molar refractivity (Wildman–Crippen MR) is 114 cm³/mol. The number of imide groups is 1. The average molecular weight is 422 g/mol. The fourth-order valence-corrected chi connectivity index (χ4v) is 5.64. The monoisotopic (exact) mass is 422 g/mol. The molecule has 4 unspecified atom stereocenters. The van der Waals surface area contributed by atoms with Gasteiger partial charge in [-0.3, -0.25) is 24.1 Å². The minimum atomic E-state index is -0.378. The summed E-state index contributed by atoms with van der Waals surface area (Å²) < 4.78 is 0. The highest BCUT2D eigenvalue weighted by Gasteiger charge is 2.59. The first kappa shape index (κ1) is 19.8. The molecule has 3 fully saturated rings. The first-order valence-corrected chi connectivity index (χ1v) is 10.9. The second-order valence-corrected chi connectivity index (χ2v) is 9.02. The number of likely N-dealkylation sites (tertiary alicyclic amines) is 1. The number of rotatable bonds is 5. The molecule has 0 aromatic heterocycles. The largest absolute Gasteiger partial charge is 0.371 e. The van der Waals surface area contributed by atoms with E-state index in [1.165, 1.54) is 0 Å². The van der Waals surface area contributed by atoms with Crippen molar-refractivity contribution in [2.45, 2.75) is 19.3 Å². The van der Waals surface area contributed by atoms with E-state index in [1.807, 2.05) is 24.3 Å². The van der Waals surface area contributed by atoms with E-state index in [2.05, 4.69) is 10.2 Å².